The highest BCUT2D eigenvalue weighted by atomic mass is 35.5. The summed E-state index contributed by atoms with van der Waals surface area (Å²) in [5.74, 6) is 0. The van der Waals surface area contributed by atoms with Gasteiger partial charge in [0.2, 0.25) is 0 Å². The van der Waals surface area contributed by atoms with E-state index >= 15 is 0 Å². The number of hydrogen-bond donors (Lipinski definition) is 0. The fourth-order valence-electron chi connectivity index (χ4n) is 3.25. The first kappa shape index (κ1) is 12.3. The lowest BCUT2D eigenvalue weighted by atomic mass is 9.83. The van der Waals surface area contributed by atoms with Crippen molar-refractivity contribution in [3.8, 4) is 0 Å². The zero-order valence-corrected chi connectivity index (χ0v) is 12.3. The van der Waals surface area contributed by atoms with Crippen LogP contribution in [0.15, 0.2) is 10.2 Å². The predicted octanol–water partition coefficient (Wildman–Crippen LogP) is 4.81. The van der Waals surface area contributed by atoms with Crippen LogP contribution in [0.3, 0.4) is 0 Å². The van der Waals surface area contributed by atoms with Gasteiger partial charge in [-0.05, 0) is 11.8 Å². The molecule has 0 heterocycles. The fourth-order valence-corrected chi connectivity index (χ4v) is 7.54. The van der Waals surface area contributed by atoms with E-state index in [-0.39, 0.29) is 5.41 Å². The summed E-state index contributed by atoms with van der Waals surface area (Å²) in [6.45, 7) is 16.4. The van der Waals surface area contributed by atoms with Crippen molar-refractivity contribution in [2.24, 2.45) is 10.8 Å². The van der Waals surface area contributed by atoms with Crippen molar-refractivity contribution in [1.82, 2.24) is 0 Å². The predicted molar refractivity (Wildman–Crippen MR) is 68.4 cm³/mol. The van der Waals surface area contributed by atoms with Crippen LogP contribution >= 0.6 is 11.6 Å². The summed E-state index contributed by atoms with van der Waals surface area (Å²) in [7, 11) is -1.26. The zero-order valence-electron chi connectivity index (χ0n) is 10.6. The van der Waals surface area contributed by atoms with Crippen molar-refractivity contribution in [3.05, 3.63) is 10.2 Å². The topological polar surface area (TPSA) is 0 Å². The number of allylic oxidation sites excluding steroid dienone is 2. The SMILES string of the molecule is CC1(C)CC(C)(C)C([Si](C)(C)C)=C1Cl. The second kappa shape index (κ2) is 3.12. The quantitative estimate of drug-likeness (QED) is 0.567. The summed E-state index contributed by atoms with van der Waals surface area (Å²) in [5.41, 5.74) is 0.506. The Kier molecular flexibility index (Phi) is 2.74. The van der Waals surface area contributed by atoms with Gasteiger partial charge in [0.25, 0.3) is 0 Å². The number of halogens is 1. The molecule has 0 amide bonds. The normalized spacial score (nSPS) is 25.7. The Balaban J connectivity index is 3.30. The van der Waals surface area contributed by atoms with Crippen LogP contribution in [0.25, 0.3) is 0 Å². The van der Waals surface area contributed by atoms with Crippen LogP contribution in [0.2, 0.25) is 19.6 Å². The first-order chi connectivity index (χ1) is 5.98. The van der Waals surface area contributed by atoms with Crippen LogP contribution in [0, 0.1) is 10.8 Å². The van der Waals surface area contributed by atoms with Crippen LogP contribution in [0.5, 0.6) is 0 Å². The fraction of sp³-hybridized carbons (Fsp3) is 0.833. The zero-order chi connectivity index (χ0) is 11.4. The van der Waals surface area contributed by atoms with Gasteiger partial charge in [-0.2, -0.15) is 0 Å². The summed E-state index contributed by atoms with van der Waals surface area (Å²) in [4.78, 5) is 0. The first-order valence-corrected chi connectivity index (χ1v) is 9.27. The molecule has 0 aromatic carbocycles. The van der Waals surface area contributed by atoms with Gasteiger partial charge in [-0.1, -0.05) is 64.1 Å². The number of hydrogen-bond acceptors (Lipinski definition) is 0. The van der Waals surface area contributed by atoms with Crippen molar-refractivity contribution in [1.29, 1.82) is 0 Å². The molecule has 0 bridgehead atoms. The molecule has 0 saturated carbocycles. The maximum Gasteiger partial charge on any atom is 0.0746 e. The van der Waals surface area contributed by atoms with Crippen molar-refractivity contribution in [3.63, 3.8) is 0 Å². The Labute approximate surface area is 94.7 Å². The molecule has 2 heteroatoms. The van der Waals surface area contributed by atoms with Crippen molar-refractivity contribution in [2.45, 2.75) is 53.8 Å². The smallest absolute Gasteiger partial charge is 0.0746 e. The average Bonchev–Trinajstić information content (AvgIpc) is 1.93. The van der Waals surface area contributed by atoms with Gasteiger partial charge >= 0.3 is 0 Å². The molecular formula is C12H23ClSi. The third-order valence-electron chi connectivity index (χ3n) is 3.12. The van der Waals surface area contributed by atoms with E-state index in [1.54, 1.807) is 5.20 Å². The van der Waals surface area contributed by atoms with Gasteiger partial charge in [0.15, 0.2) is 0 Å². The lowest BCUT2D eigenvalue weighted by Gasteiger charge is -2.31. The summed E-state index contributed by atoms with van der Waals surface area (Å²) < 4.78 is 0. The highest BCUT2D eigenvalue weighted by Crippen LogP contribution is 2.56. The van der Waals surface area contributed by atoms with Gasteiger partial charge in [0.05, 0.1) is 8.07 Å². The summed E-state index contributed by atoms with van der Waals surface area (Å²) in [6.07, 6.45) is 1.19. The molecule has 0 aromatic heterocycles. The summed E-state index contributed by atoms with van der Waals surface area (Å²) in [5, 5.41) is 2.73. The molecule has 0 spiro atoms. The highest BCUT2D eigenvalue weighted by Gasteiger charge is 2.47. The lowest BCUT2D eigenvalue weighted by Crippen LogP contribution is -2.32. The molecule has 0 aromatic rings. The summed E-state index contributed by atoms with van der Waals surface area (Å²) in [6, 6.07) is 0. The van der Waals surface area contributed by atoms with E-state index in [4.69, 9.17) is 11.6 Å². The third-order valence-corrected chi connectivity index (χ3v) is 6.41. The average molecular weight is 231 g/mol. The Morgan fingerprint density at radius 2 is 1.43 bits per heavy atom. The van der Waals surface area contributed by atoms with Crippen LogP contribution in [-0.4, -0.2) is 8.07 Å². The van der Waals surface area contributed by atoms with E-state index in [1.165, 1.54) is 6.42 Å². The molecule has 0 nitrogen and oxygen atoms in total. The van der Waals surface area contributed by atoms with E-state index in [1.807, 2.05) is 0 Å². The molecule has 1 aliphatic carbocycles. The van der Waals surface area contributed by atoms with Crippen LogP contribution in [0.4, 0.5) is 0 Å². The minimum Gasteiger partial charge on any atom is -0.0890 e. The monoisotopic (exact) mass is 230 g/mol. The molecule has 1 rings (SSSR count). The van der Waals surface area contributed by atoms with Gasteiger partial charge in [0.1, 0.15) is 0 Å². The minimum atomic E-state index is -1.26. The largest absolute Gasteiger partial charge is 0.0890 e. The van der Waals surface area contributed by atoms with Gasteiger partial charge in [0, 0.05) is 10.4 Å². The van der Waals surface area contributed by atoms with Gasteiger partial charge in [-0.25, -0.2) is 0 Å². The highest BCUT2D eigenvalue weighted by molar-refractivity contribution is 6.84. The molecular weight excluding hydrogens is 208 g/mol. The van der Waals surface area contributed by atoms with E-state index in [9.17, 15) is 0 Å². The van der Waals surface area contributed by atoms with E-state index < -0.39 is 8.07 Å². The number of rotatable bonds is 1. The van der Waals surface area contributed by atoms with Crippen molar-refractivity contribution < 1.29 is 0 Å². The molecule has 0 N–H and O–H groups in total. The van der Waals surface area contributed by atoms with E-state index in [0.717, 1.165) is 5.03 Å². The molecule has 0 fully saturated rings. The molecule has 0 atom stereocenters. The maximum atomic E-state index is 6.55. The first-order valence-electron chi connectivity index (χ1n) is 5.40. The molecule has 1 aliphatic rings. The Hall–Kier alpha value is 0.247. The summed E-state index contributed by atoms with van der Waals surface area (Å²) >= 11 is 6.55. The van der Waals surface area contributed by atoms with Crippen molar-refractivity contribution >= 4 is 19.7 Å². The standard InChI is InChI=1S/C12H23ClSi/c1-11(2)8-12(3,4)10(9(11)13)14(5,6)7/h8H2,1-7H3. The molecule has 14 heavy (non-hydrogen) atoms. The molecule has 0 radical (unpaired) electrons. The second-order valence-corrected chi connectivity index (χ2v) is 12.3. The van der Waals surface area contributed by atoms with Crippen LogP contribution in [0.1, 0.15) is 34.1 Å². The van der Waals surface area contributed by atoms with E-state index in [2.05, 4.69) is 47.3 Å². The molecule has 0 unspecified atom stereocenters. The Bertz CT molecular complexity index is 279. The molecule has 82 valence electrons. The van der Waals surface area contributed by atoms with Crippen molar-refractivity contribution in [2.75, 3.05) is 0 Å². The Morgan fingerprint density at radius 1 is 1.00 bits per heavy atom. The van der Waals surface area contributed by atoms with Crippen LogP contribution < -0.4 is 0 Å². The molecule has 0 aliphatic heterocycles. The van der Waals surface area contributed by atoms with Gasteiger partial charge in [-0.15, -0.1) is 0 Å². The lowest BCUT2D eigenvalue weighted by molar-refractivity contribution is 0.327. The van der Waals surface area contributed by atoms with Gasteiger partial charge in [-0.3, -0.25) is 0 Å². The van der Waals surface area contributed by atoms with Crippen LogP contribution in [-0.2, 0) is 0 Å². The Morgan fingerprint density at radius 3 is 1.57 bits per heavy atom. The second-order valence-electron chi connectivity index (χ2n) is 6.88. The third kappa shape index (κ3) is 1.94. The van der Waals surface area contributed by atoms with E-state index in [0.29, 0.717) is 5.41 Å². The molecule has 0 saturated heterocycles. The maximum absolute atomic E-state index is 6.55. The minimum absolute atomic E-state index is 0.195. The van der Waals surface area contributed by atoms with Gasteiger partial charge < -0.3 is 0 Å².